The SMILES string of the molecule is Cc1cc(C)c(C(=O)N[C@@H](C)c2ccc(NC(=O)NC3CC3)cc2)o1. The highest BCUT2D eigenvalue weighted by Crippen LogP contribution is 2.20. The molecule has 0 saturated heterocycles. The lowest BCUT2D eigenvalue weighted by Crippen LogP contribution is -2.30. The average Bonchev–Trinajstić information content (AvgIpc) is 3.29. The van der Waals surface area contributed by atoms with Gasteiger partial charge in [-0.05, 0) is 57.4 Å². The summed E-state index contributed by atoms with van der Waals surface area (Å²) in [6, 6.07) is 9.23. The standard InChI is InChI=1S/C19H23N3O3/c1-11-10-12(2)25-17(11)18(23)20-13(3)14-4-6-15(7-5-14)21-19(24)22-16-8-9-16/h4-7,10,13,16H,8-9H2,1-3H3,(H,20,23)(H2,21,22,24)/t13-/m0/s1. The molecule has 0 bridgehead atoms. The van der Waals surface area contributed by atoms with Crippen LogP contribution in [0.4, 0.5) is 10.5 Å². The van der Waals surface area contributed by atoms with Crippen molar-refractivity contribution in [2.24, 2.45) is 0 Å². The Morgan fingerprint density at radius 3 is 2.40 bits per heavy atom. The Morgan fingerprint density at radius 2 is 1.84 bits per heavy atom. The van der Waals surface area contributed by atoms with Gasteiger partial charge in [0.15, 0.2) is 5.76 Å². The Hall–Kier alpha value is -2.76. The normalized spacial score (nSPS) is 14.7. The fourth-order valence-corrected chi connectivity index (χ4v) is 2.65. The number of carbonyl (C=O) groups is 2. The molecule has 0 radical (unpaired) electrons. The van der Waals surface area contributed by atoms with Crippen molar-refractivity contribution >= 4 is 17.6 Å². The average molecular weight is 341 g/mol. The molecule has 0 spiro atoms. The van der Waals surface area contributed by atoms with Crippen molar-refractivity contribution in [3.63, 3.8) is 0 Å². The topological polar surface area (TPSA) is 83.4 Å². The van der Waals surface area contributed by atoms with E-state index in [1.807, 2.05) is 51.1 Å². The summed E-state index contributed by atoms with van der Waals surface area (Å²) in [7, 11) is 0. The number of rotatable bonds is 5. The van der Waals surface area contributed by atoms with E-state index in [1.165, 1.54) is 0 Å². The van der Waals surface area contributed by atoms with Crippen LogP contribution in [-0.4, -0.2) is 18.0 Å². The molecule has 1 aliphatic rings. The maximum atomic E-state index is 12.3. The van der Waals surface area contributed by atoms with E-state index in [-0.39, 0.29) is 18.0 Å². The van der Waals surface area contributed by atoms with Gasteiger partial charge in [0.1, 0.15) is 5.76 Å². The Morgan fingerprint density at radius 1 is 1.16 bits per heavy atom. The molecule has 1 aliphatic carbocycles. The quantitative estimate of drug-likeness (QED) is 0.776. The van der Waals surface area contributed by atoms with E-state index < -0.39 is 0 Å². The van der Waals surface area contributed by atoms with Gasteiger partial charge in [-0.1, -0.05) is 12.1 Å². The summed E-state index contributed by atoms with van der Waals surface area (Å²) in [5.41, 5.74) is 2.49. The minimum atomic E-state index is -0.232. The van der Waals surface area contributed by atoms with Crippen LogP contribution in [-0.2, 0) is 0 Å². The highest BCUT2D eigenvalue weighted by Gasteiger charge is 2.23. The summed E-state index contributed by atoms with van der Waals surface area (Å²) in [5.74, 6) is 0.832. The molecule has 6 nitrogen and oxygen atoms in total. The highest BCUT2D eigenvalue weighted by molar-refractivity contribution is 5.93. The number of amides is 3. The number of hydrogen-bond acceptors (Lipinski definition) is 3. The third kappa shape index (κ3) is 4.41. The van der Waals surface area contributed by atoms with Crippen molar-refractivity contribution in [1.82, 2.24) is 10.6 Å². The summed E-state index contributed by atoms with van der Waals surface area (Å²) in [6.45, 7) is 5.58. The van der Waals surface area contributed by atoms with E-state index in [0.29, 0.717) is 11.8 Å². The molecule has 1 saturated carbocycles. The second-order valence-corrected chi connectivity index (χ2v) is 6.56. The van der Waals surface area contributed by atoms with E-state index in [0.717, 1.165) is 35.4 Å². The number of nitrogens with one attached hydrogen (secondary N) is 3. The summed E-state index contributed by atoms with van der Waals surface area (Å²) in [6.07, 6.45) is 2.11. The smallest absolute Gasteiger partial charge is 0.319 e. The molecule has 1 fully saturated rings. The van der Waals surface area contributed by atoms with Crippen molar-refractivity contribution in [3.8, 4) is 0 Å². The van der Waals surface area contributed by atoms with E-state index in [4.69, 9.17) is 4.42 Å². The third-order valence-corrected chi connectivity index (χ3v) is 4.18. The summed E-state index contributed by atoms with van der Waals surface area (Å²) < 4.78 is 5.45. The molecule has 3 amide bonds. The Bertz CT molecular complexity index is 776. The number of urea groups is 1. The van der Waals surface area contributed by atoms with Gasteiger partial charge in [0.2, 0.25) is 0 Å². The second-order valence-electron chi connectivity index (χ2n) is 6.56. The zero-order valence-electron chi connectivity index (χ0n) is 14.7. The molecular weight excluding hydrogens is 318 g/mol. The van der Waals surface area contributed by atoms with Gasteiger partial charge in [0.25, 0.3) is 5.91 Å². The van der Waals surface area contributed by atoms with Crippen LogP contribution in [0.2, 0.25) is 0 Å². The van der Waals surface area contributed by atoms with Crippen molar-refractivity contribution < 1.29 is 14.0 Å². The zero-order chi connectivity index (χ0) is 18.0. The molecule has 0 unspecified atom stereocenters. The zero-order valence-corrected chi connectivity index (χ0v) is 14.7. The van der Waals surface area contributed by atoms with Crippen molar-refractivity contribution in [3.05, 3.63) is 53.0 Å². The molecular formula is C19H23N3O3. The first kappa shape index (κ1) is 17.1. The van der Waals surface area contributed by atoms with Crippen LogP contribution in [0.25, 0.3) is 0 Å². The molecule has 3 N–H and O–H groups in total. The van der Waals surface area contributed by atoms with Crippen LogP contribution in [0.3, 0.4) is 0 Å². The lowest BCUT2D eigenvalue weighted by atomic mass is 10.1. The van der Waals surface area contributed by atoms with Gasteiger partial charge in [-0.3, -0.25) is 4.79 Å². The van der Waals surface area contributed by atoms with Crippen molar-refractivity contribution in [1.29, 1.82) is 0 Å². The molecule has 1 heterocycles. The van der Waals surface area contributed by atoms with Crippen LogP contribution < -0.4 is 16.0 Å². The number of furan rings is 1. The molecule has 1 atom stereocenters. The van der Waals surface area contributed by atoms with Crippen molar-refractivity contribution in [2.45, 2.75) is 45.7 Å². The predicted octanol–water partition coefficient (Wildman–Crippen LogP) is 3.67. The fourth-order valence-electron chi connectivity index (χ4n) is 2.65. The molecule has 0 aliphatic heterocycles. The maximum absolute atomic E-state index is 12.3. The van der Waals surface area contributed by atoms with E-state index in [1.54, 1.807) is 0 Å². The predicted molar refractivity (Wildman–Crippen MR) is 95.7 cm³/mol. The van der Waals surface area contributed by atoms with Crippen LogP contribution in [0.15, 0.2) is 34.7 Å². The number of carbonyl (C=O) groups excluding carboxylic acids is 2. The van der Waals surface area contributed by atoms with Gasteiger partial charge in [0, 0.05) is 17.3 Å². The third-order valence-electron chi connectivity index (χ3n) is 4.18. The van der Waals surface area contributed by atoms with Gasteiger partial charge in [-0.25, -0.2) is 4.79 Å². The van der Waals surface area contributed by atoms with Crippen LogP contribution >= 0.6 is 0 Å². The Balaban J connectivity index is 1.58. The first-order valence-electron chi connectivity index (χ1n) is 8.48. The summed E-state index contributed by atoms with van der Waals surface area (Å²) >= 11 is 0. The number of anilines is 1. The lowest BCUT2D eigenvalue weighted by molar-refractivity contribution is 0.0909. The fraction of sp³-hybridized carbons (Fsp3) is 0.368. The van der Waals surface area contributed by atoms with Crippen molar-refractivity contribution in [2.75, 3.05) is 5.32 Å². The monoisotopic (exact) mass is 341 g/mol. The number of aryl methyl sites for hydroxylation is 2. The molecule has 1 aromatic heterocycles. The molecule has 132 valence electrons. The van der Waals surface area contributed by atoms with E-state index in [9.17, 15) is 9.59 Å². The second kappa shape index (κ2) is 7.01. The van der Waals surface area contributed by atoms with Gasteiger partial charge in [-0.15, -0.1) is 0 Å². The largest absolute Gasteiger partial charge is 0.456 e. The van der Waals surface area contributed by atoms with Crippen LogP contribution in [0, 0.1) is 13.8 Å². The first-order chi connectivity index (χ1) is 11.9. The number of benzene rings is 1. The lowest BCUT2D eigenvalue weighted by Gasteiger charge is -2.14. The molecule has 1 aromatic carbocycles. The van der Waals surface area contributed by atoms with Gasteiger partial charge in [-0.2, -0.15) is 0 Å². The van der Waals surface area contributed by atoms with E-state index in [2.05, 4.69) is 16.0 Å². The molecule has 6 heteroatoms. The molecule has 3 rings (SSSR count). The number of hydrogen-bond donors (Lipinski definition) is 3. The van der Waals surface area contributed by atoms with Gasteiger partial charge < -0.3 is 20.4 Å². The minimum absolute atomic E-state index is 0.174. The maximum Gasteiger partial charge on any atom is 0.319 e. The van der Waals surface area contributed by atoms with E-state index >= 15 is 0 Å². The first-order valence-corrected chi connectivity index (χ1v) is 8.48. The summed E-state index contributed by atoms with van der Waals surface area (Å²) in [5, 5.41) is 8.61. The minimum Gasteiger partial charge on any atom is -0.456 e. The summed E-state index contributed by atoms with van der Waals surface area (Å²) in [4.78, 5) is 24.0. The highest BCUT2D eigenvalue weighted by atomic mass is 16.3. The van der Waals surface area contributed by atoms with Crippen LogP contribution in [0.5, 0.6) is 0 Å². The van der Waals surface area contributed by atoms with Gasteiger partial charge >= 0.3 is 6.03 Å². The molecule has 25 heavy (non-hydrogen) atoms. The van der Waals surface area contributed by atoms with Crippen LogP contribution in [0.1, 0.15) is 53.2 Å². The molecule has 2 aromatic rings. The Kier molecular flexibility index (Phi) is 4.79. The van der Waals surface area contributed by atoms with Gasteiger partial charge in [0.05, 0.1) is 6.04 Å². The Labute approximate surface area is 147 Å².